The fourth-order valence-corrected chi connectivity index (χ4v) is 3.36. The summed E-state index contributed by atoms with van der Waals surface area (Å²) in [7, 11) is 2.03. The predicted molar refractivity (Wildman–Crippen MR) is 80.7 cm³/mol. The summed E-state index contributed by atoms with van der Waals surface area (Å²) in [5.41, 5.74) is 2.77. The number of aryl methyl sites for hydroxylation is 1. The van der Waals surface area contributed by atoms with Gasteiger partial charge in [0.2, 0.25) is 0 Å². The van der Waals surface area contributed by atoms with Gasteiger partial charge in [-0.2, -0.15) is 0 Å². The molecule has 1 aromatic carbocycles. The van der Waals surface area contributed by atoms with E-state index in [2.05, 4.69) is 35.8 Å². The van der Waals surface area contributed by atoms with Crippen molar-refractivity contribution in [2.45, 2.75) is 25.8 Å². The lowest BCUT2D eigenvalue weighted by molar-refractivity contribution is 0.597. The Labute approximate surface area is 118 Å². The third kappa shape index (κ3) is 3.14. The third-order valence-electron chi connectivity index (χ3n) is 3.18. The van der Waals surface area contributed by atoms with E-state index in [1.807, 2.05) is 30.5 Å². The van der Waals surface area contributed by atoms with Crippen molar-refractivity contribution in [1.29, 1.82) is 0 Å². The summed E-state index contributed by atoms with van der Waals surface area (Å²) in [6, 6.07) is 10.7. The van der Waals surface area contributed by atoms with Crippen molar-refractivity contribution < 1.29 is 0 Å². The van der Waals surface area contributed by atoms with Gasteiger partial charge in [-0.25, -0.2) is 0 Å². The number of likely N-dealkylation sites (N-methyl/N-ethyl adjacent to an activating group) is 1. The number of halogens is 1. The van der Waals surface area contributed by atoms with Crippen LogP contribution in [0.25, 0.3) is 0 Å². The van der Waals surface area contributed by atoms with Crippen molar-refractivity contribution in [2.75, 3.05) is 7.05 Å². The van der Waals surface area contributed by atoms with Gasteiger partial charge in [0.05, 0.1) is 0 Å². The summed E-state index contributed by atoms with van der Waals surface area (Å²) >= 11 is 7.76. The van der Waals surface area contributed by atoms with E-state index >= 15 is 0 Å². The zero-order chi connectivity index (χ0) is 13.0. The number of benzene rings is 1. The van der Waals surface area contributed by atoms with E-state index in [0.29, 0.717) is 6.04 Å². The molecular weight excluding hydrogens is 262 g/mol. The van der Waals surface area contributed by atoms with Crippen LogP contribution in [0.5, 0.6) is 0 Å². The molecule has 18 heavy (non-hydrogen) atoms. The van der Waals surface area contributed by atoms with Gasteiger partial charge in [0.1, 0.15) is 0 Å². The number of thiophene rings is 1. The second-order valence-electron chi connectivity index (χ2n) is 4.34. The molecule has 96 valence electrons. The molecule has 0 saturated carbocycles. The standard InChI is InChI=1S/C15H18ClNS/c1-3-12-8-9-18-15(12)14(17-2)10-11-4-6-13(16)7-5-11/h4-9,14,17H,3,10H2,1-2H3. The highest BCUT2D eigenvalue weighted by Crippen LogP contribution is 2.27. The van der Waals surface area contributed by atoms with Crippen LogP contribution >= 0.6 is 22.9 Å². The van der Waals surface area contributed by atoms with Crippen molar-refractivity contribution in [3.63, 3.8) is 0 Å². The van der Waals surface area contributed by atoms with Gasteiger partial charge in [-0.3, -0.25) is 0 Å². The molecule has 1 atom stereocenters. The molecule has 2 aromatic rings. The monoisotopic (exact) mass is 279 g/mol. The summed E-state index contributed by atoms with van der Waals surface area (Å²) in [6.07, 6.45) is 2.10. The Kier molecular flexibility index (Phi) is 4.81. The lowest BCUT2D eigenvalue weighted by Crippen LogP contribution is -2.18. The molecule has 1 unspecified atom stereocenters. The summed E-state index contributed by atoms with van der Waals surface area (Å²) in [5.74, 6) is 0. The molecule has 0 saturated heterocycles. The molecule has 1 heterocycles. The highest BCUT2D eigenvalue weighted by Gasteiger charge is 2.14. The average Bonchev–Trinajstić information content (AvgIpc) is 2.86. The first-order valence-electron chi connectivity index (χ1n) is 6.22. The van der Waals surface area contributed by atoms with Crippen molar-refractivity contribution in [1.82, 2.24) is 5.32 Å². The molecule has 0 aliphatic carbocycles. The highest BCUT2D eigenvalue weighted by molar-refractivity contribution is 7.10. The lowest BCUT2D eigenvalue weighted by Gasteiger charge is -2.16. The molecule has 0 fully saturated rings. The van der Waals surface area contributed by atoms with Gasteiger partial charge in [0, 0.05) is 15.9 Å². The van der Waals surface area contributed by atoms with Crippen LogP contribution in [0.15, 0.2) is 35.7 Å². The van der Waals surface area contributed by atoms with Crippen LogP contribution in [-0.2, 0) is 12.8 Å². The van der Waals surface area contributed by atoms with Crippen LogP contribution in [0.4, 0.5) is 0 Å². The van der Waals surface area contributed by atoms with Crippen molar-refractivity contribution in [2.24, 2.45) is 0 Å². The Hall–Kier alpha value is -0.830. The predicted octanol–water partition coefficient (Wildman–Crippen LogP) is 4.47. The molecule has 0 amide bonds. The molecule has 1 N–H and O–H groups in total. The molecule has 3 heteroatoms. The maximum atomic E-state index is 5.92. The van der Waals surface area contributed by atoms with Gasteiger partial charge in [-0.1, -0.05) is 30.7 Å². The smallest absolute Gasteiger partial charge is 0.0456 e. The normalized spacial score (nSPS) is 12.6. The SMILES string of the molecule is CCc1ccsc1C(Cc1ccc(Cl)cc1)NC. The fraction of sp³-hybridized carbons (Fsp3) is 0.333. The second kappa shape index (κ2) is 6.37. The zero-order valence-corrected chi connectivity index (χ0v) is 12.3. The number of hydrogen-bond acceptors (Lipinski definition) is 2. The van der Waals surface area contributed by atoms with Crippen LogP contribution < -0.4 is 5.32 Å². The quantitative estimate of drug-likeness (QED) is 0.852. The topological polar surface area (TPSA) is 12.0 Å². The Morgan fingerprint density at radius 1 is 1.22 bits per heavy atom. The Morgan fingerprint density at radius 2 is 1.94 bits per heavy atom. The molecule has 1 aromatic heterocycles. The van der Waals surface area contributed by atoms with Crippen LogP contribution in [0.1, 0.15) is 29.0 Å². The minimum absolute atomic E-state index is 0.390. The maximum absolute atomic E-state index is 5.92. The second-order valence-corrected chi connectivity index (χ2v) is 5.72. The first-order chi connectivity index (χ1) is 8.74. The molecule has 0 aliphatic heterocycles. The first-order valence-corrected chi connectivity index (χ1v) is 7.48. The van der Waals surface area contributed by atoms with Crippen molar-refractivity contribution >= 4 is 22.9 Å². The summed E-state index contributed by atoms with van der Waals surface area (Å²) in [4.78, 5) is 1.45. The molecule has 2 rings (SSSR count). The largest absolute Gasteiger partial charge is 0.312 e. The number of nitrogens with one attached hydrogen (secondary N) is 1. The molecule has 0 bridgehead atoms. The number of hydrogen-bond donors (Lipinski definition) is 1. The Balaban J connectivity index is 2.17. The lowest BCUT2D eigenvalue weighted by atomic mass is 10.0. The minimum atomic E-state index is 0.390. The molecule has 1 nitrogen and oxygen atoms in total. The van der Waals surface area contributed by atoms with E-state index in [9.17, 15) is 0 Å². The van der Waals surface area contributed by atoms with E-state index in [0.717, 1.165) is 17.9 Å². The van der Waals surface area contributed by atoms with E-state index in [1.165, 1.54) is 16.0 Å². The molecule has 0 aliphatic rings. The fourth-order valence-electron chi connectivity index (χ4n) is 2.13. The van der Waals surface area contributed by atoms with E-state index in [1.54, 1.807) is 0 Å². The molecular formula is C15H18ClNS. The van der Waals surface area contributed by atoms with Crippen molar-refractivity contribution in [3.8, 4) is 0 Å². The van der Waals surface area contributed by atoms with Crippen molar-refractivity contribution in [3.05, 3.63) is 56.7 Å². The van der Waals surface area contributed by atoms with Gasteiger partial charge >= 0.3 is 0 Å². The van der Waals surface area contributed by atoms with E-state index in [4.69, 9.17) is 11.6 Å². The van der Waals surface area contributed by atoms with E-state index in [-0.39, 0.29) is 0 Å². The van der Waals surface area contributed by atoms with Gasteiger partial charge in [-0.15, -0.1) is 11.3 Å². The third-order valence-corrected chi connectivity index (χ3v) is 4.50. The van der Waals surface area contributed by atoms with Crippen LogP contribution in [0.3, 0.4) is 0 Å². The van der Waals surface area contributed by atoms with Crippen LogP contribution in [0.2, 0.25) is 5.02 Å². The number of rotatable bonds is 5. The minimum Gasteiger partial charge on any atom is -0.312 e. The summed E-state index contributed by atoms with van der Waals surface area (Å²) in [6.45, 7) is 2.21. The highest BCUT2D eigenvalue weighted by atomic mass is 35.5. The first kappa shape index (κ1) is 13.6. The van der Waals surface area contributed by atoms with Crippen LogP contribution in [-0.4, -0.2) is 7.05 Å². The zero-order valence-electron chi connectivity index (χ0n) is 10.7. The molecule has 0 radical (unpaired) electrons. The Bertz CT molecular complexity index is 489. The van der Waals surface area contributed by atoms with Gasteiger partial charge in [0.15, 0.2) is 0 Å². The Morgan fingerprint density at radius 3 is 2.56 bits per heavy atom. The molecule has 0 spiro atoms. The van der Waals surface area contributed by atoms with E-state index < -0.39 is 0 Å². The summed E-state index contributed by atoms with van der Waals surface area (Å²) in [5, 5.41) is 6.40. The maximum Gasteiger partial charge on any atom is 0.0456 e. The van der Waals surface area contributed by atoms with Gasteiger partial charge in [0.25, 0.3) is 0 Å². The van der Waals surface area contributed by atoms with Gasteiger partial charge < -0.3 is 5.32 Å². The average molecular weight is 280 g/mol. The van der Waals surface area contributed by atoms with Gasteiger partial charge in [-0.05, 0) is 54.6 Å². The van der Waals surface area contributed by atoms with Crippen LogP contribution in [0, 0.1) is 0 Å². The summed E-state index contributed by atoms with van der Waals surface area (Å²) < 4.78 is 0.